The Morgan fingerprint density at radius 1 is 0.657 bits per heavy atom. The van der Waals surface area contributed by atoms with E-state index in [4.69, 9.17) is 16.3 Å². The van der Waals surface area contributed by atoms with E-state index >= 15 is 0 Å². The number of hydrogen-bond donors (Lipinski definition) is 3. The first-order valence-corrected chi connectivity index (χ1v) is 12.0. The standard InChI is InChI=1S/C30H28ClN3O/c31-28-16-12-24(13-17-28)6-7-25-14-18-30(19-15-25)35-21-20-32-22-26-8-10-27(11-9-26)23-33-34-29-4-2-1-3-5-29/h1-5,8-19,32-34H,20-23H2. The van der Waals surface area contributed by atoms with E-state index in [0.29, 0.717) is 11.6 Å². The highest BCUT2D eigenvalue weighted by atomic mass is 35.5. The highest BCUT2D eigenvalue weighted by Crippen LogP contribution is 2.12. The van der Waals surface area contributed by atoms with Crippen LogP contribution in [0.2, 0.25) is 5.02 Å². The molecular formula is C30H28ClN3O. The minimum absolute atomic E-state index is 0.600. The Morgan fingerprint density at radius 3 is 1.91 bits per heavy atom. The van der Waals surface area contributed by atoms with Crippen LogP contribution in [-0.2, 0) is 13.1 Å². The van der Waals surface area contributed by atoms with E-state index in [1.165, 1.54) is 11.1 Å². The second-order valence-corrected chi connectivity index (χ2v) is 8.40. The van der Waals surface area contributed by atoms with Gasteiger partial charge in [0, 0.05) is 41.5 Å². The number of benzene rings is 4. The van der Waals surface area contributed by atoms with Gasteiger partial charge in [-0.2, -0.15) is 0 Å². The van der Waals surface area contributed by atoms with Gasteiger partial charge in [-0.3, -0.25) is 0 Å². The number of rotatable bonds is 10. The Morgan fingerprint density at radius 2 is 1.26 bits per heavy atom. The first-order valence-electron chi connectivity index (χ1n) is 11.6. The largest absolute Gasteiger partial charge is 0.492 e. The maximum Gasteiger partial charge on any atom is 0.119 e. The molecule has 0 amide bonds. The molecule has 0 aliphatic rings. The molecule has 0 saturated carbocycles. The lowest BCUT2D eigenvalue weighted by atomic mass is 10.1. The maximum atomic E-state index is 5.91. The fourth-order valence-electron chi connectivity index (χ4n) is 3.33. The fraction of sp³-hybridized carbons (Fsp3) is 0.133. The lowest BCUT2D eigenvalue weighted by molar-refractivity contribution is 0.313. The molecule has 3 N–H and O–H groups in total. The Hall–Kier alpha value is -3.75. The third-order valence-electron chi connectivity index (χ3n) is 5.25. The molecule has 4 rings (SSSR count). The van der Waals surface area contributed by atoms with E-state index in [9.17, 15) is 0 Å². The smallest absolute Gasteiger partial charge is 0.119 e. The summed E-state index contributed by atoms with van der Waals surface area (Å²) in [6.07, 6.45) is 0. The molecule has 0 spiro atoms. The van der Waals surface area contributed by atoms with Crippen molar-refractivity contribution < 1.29 is 4.74 Å². The van der Waals surface area contributed by atoms with Crippen LogP contribution < -0.4 is 20.9 Å². The van der Waals surface area contributed by atoms with Crippen molar-refractivity contribution >= 4 is 17.3 Å². The van der Waals surface area contributed by atoms with Crippen LogP contribution in [0.15, 0.2) is 103 Å². The summed E-state index contributed by atoms with van der Waals surface area (Å²) in [6.45, 7) is 2.92. The molecule has 4 aromatic carbocycles. The molecule has 0 saturated heterocycles. The summed E-state index contributed by atoms with van der Waals surface area (Å²) in [4.78, 5) is 0. The van der Waals surface area contributed by atoms with E-state index in [1.54, 1.807) is 0 Å². The first kappa shape index (κ1) is 24.4. The molecular weight excluding hydrogens is 454 g/mol. The molecule has 176 valence electrons. The molecule has 0 bridgehead atoms. The van der Waals surface area contributed by atoms with E-state index in [0.717, 1.165) is 42.2 Å². The summed E-state index contributed by atoms with van der Waals surface area (Å²) in [7, 11) is 0. The van der Waals surface area contributed by atoms with Crippen LogP contribution in [-0.4, -0.2) is 13.2 Å². The second kappa shape index (κ2) is 13.2. The number of nitrogens with one attached hydrogen (secondary N) is 3. The summed E-state index contributed by atoms with van der Waals surface area (Å²) < 4.78 is 5.83. The second-order valence-electron chi connectivity index (χ2n) is 7.97. The average Bonchev–Trinajstić information content (AvgIpc) is 2.90. The third-order valence-corrected chi connectivity index (χ3v) is 5.50. The van der Waals surface area contributed by atoms with Crippen molar-refractivity contribution in [2.75, 3.05) is 18.6 Å². The van der Waals surface area contributed by atoms with Crippen LogP contribution in [0.3, 0.4) is 0 Å². The zero-order chi connectivity index (χ0) is 24.1. The van der Waals surface area contributed by atoms with E-state index in [2.05, 4.69) is 52.3 Å². The van der Waals surface area contributed by atoms with Gasteiger partial charge in [0.1, 0.15) is 12.4 Å². The number of para-hydroxylation sites is 1. The van der Waals surface area contributed by atoms with Gasteiger partial charge in [0.2, 0.25) is 0 Å². The van der Waals surface area contributed by atoms with Crippen LogP contribution in [0, 0.1) is 11.8 Å². The maximum absolute atomic E-state index is 5.91. The van der Waals surface area contributed by atoms with Crippen molar-refractivity contribution in [1.82, 2.24) is 10.7 Å². The molecule has 0 aromatic heterocycles. The summed E-state index contributed by atoms with van der Waals surface area (Å²) in [5.74, 6) is 7.13. The zero-order valence-electron chi connectivity index (χ0n) is 19.4. The van der Waals surface area contributed by atoms with Gasteiger partial charge in [-0.05, 0) is 71.8 Å². The van der Waals surface area contributed by atoms with Gasteiger partial charge in [0.25, 0.3) is 0 Å². The summed E-state index contributed by atoms with van der Waals surface area (Å²) in [5, 5.41) is 4.14. The van der Waals surface area contributed by atoms with Crippen LogP contribution in [0.5, 0.6) is 5.75 Å². The van der Waals surface area contributed by atoms with Crippen LogP contribution in [0.1, 0.15) is 22.3 Å². The van der Waals surface area contributed by atoms with Crippen LogP contribution in [0.4, 0.5) is 5.69 Å². The average molecular weight is 482 g/mol. The van der Waals surface area contributed by atoms with E-state index in [1.807, 2.05) is 78.9 Å². The predicted molar refractivity (Wildman–Crippen MR) is 144 cm³/mol. The van der Waals surface area contributed by atoms with Crippen molar-refractivity contribution in [1.29, 1.82) is 0 Å². The topological polar surface area (TPSA) is 45.3 Å². The first-order chi connectivity index (χ1) is 17.2. The fourth-order valence-corrected chi connectivity index (χ4v) is 3.46. The Bertz CT molecular complexity index is 1230. The van der Waals surface area contributed by atoms with Gasteiger partial charge in [0.05, 0.1) is 0 Å². The minimum Gasteiger partial charge on any atom is -0.492 e. The molecule has 0 aliphatic carbocycles. The molecule has 0 heterocycles. The summed E-state index contributed by atoms with van der Waals surface area (Å²) >= 11 is 5.91. The van der Waals surface area contributed by atoms with Gasteiger partial charge in [0.15, 0.2) is 0 Å². The summed E-state index contributed by atoms with van der Waals surface area (Å²) in [5.41, 5.74) is 11.8. The van der Waals surface area contributed by atoms with Gasteiger partial charge in [-0.1, -0.05) is 65.9 Å². The molecule has 0 radical (unpaired) electrons. The van der Waals surface area contributed by atoms with Crippen molar-refractivity contribution in [2.24, 2.45) is 0 Å². The highest BCUT2D eigenvalue weighted by molar-refractivity contribution is 6.30. The highest BCUT2D eigenvalue weighted by Gasteiger charge is 1.98. The normalized spacial score (nSPS) is 10.3. The molecule has 5 heteroatoms. The van der Waals surface area contributed by atoms with Gasteiger partial charge >= 0.3 is 0 Å². The van der Waals surface area contributed by atoms with Crippen molar-refractivity contribution in [3.8, 4) is 17.6 Å². The zero-order valence-corrected chi connectivity index (χ0v) is 20.2. The van der Waals surface area contributed by atoms with Crippen LogP contribution in [0.25, 0.3) is 0 Å². The molecule has 4 aromatic rings. The number of halogens is 1. The monoisotopic (exact) mass is 481 g/mol. The third kappa shape index (κ3) is 8.51. The quantitative estimate of drug-likeness (QED) is 0.147. The SMILES string of the molecule is Clc1ccc(C#Cc2ccc(OCCNCc3ccc(CNNc4ccccc4)cc3)cc2)cc1. The minimum atomic E-state index is 0.600. The molecule has 0 aliphatic heterocycles. The lowest BCUT2D eigenvalue weighted by Gasteiger charge is -2.10. The number of hydrazine groups is 1. The van der Waals surface area contributed by atoms with E-state index < -0.39 is 0 Å². The molecule has 0 fully saturated rings. The molecule has 35 heavy (non-hydrogen) atoms. The Labute approximate surface area is 212 Å². The number of hydrogen-bond acceptors (Lipinski definition) is 4. The number of ether oxygens (including phenoxy) is 1. The lowest BCUT2D eigenvalue weighted by Crippen LogP contribution is -2.21. The van der Waals surface area contributed by atoms with Gasteiger partial charge in [-0.15, -0.1) is 0 Å². The van der Waals surface area contributed by atoms with Crippen molar-refractivity contribution in [3.05, 3.63) is 130 Å². The van der Waals surface area contributed by atoms with E-state index in [-0.39, 0.29) is 0 Å². The van der Waals surface area contributed by atoms with Crippen molar-refractivity contribution in [2.45, 2.75) is 13.1 Å². The summed E-state index contributed by atoms with van der Waals surface area (Å²) in [6, 6.07) is 34.0. The molecule has 0 atom stereocenters. The van der Waals surface area contributed by atoms with Gasteiger partial charge < -0.3 is 15.5 Å². The molecule has 4 nitrogen and oxygen atoms in total. The molecule has 0 unspecified atom stereocenters. The van der Waals surface area contributed by atoms with Crippen LogP contribution >= 0.6 is 11.6 Å². The Kier molecular flexibility index (Phi) is 9.21. The Balaban J connectivity index is 1.12. The van der Waals surface area contributed by atoms with Gasteiger partial charge in [-0.25, -0.2) is 5.43 Å². The van der Waals surface area contributed by atoms with Crippen molar-refractivity contribution in [3.63, 3.8) is 0 Å². The predicted octanol–water partition coefficient (Wildman–Crippen LogP) is 6.03. The number of anilines is 1.